The van der Waals surface area contributed by atoms with Crippen molar-refractivity contribution >= 4 is 22.8 Å². The molecule has 0 radical (unpaired) electrons. The van der Waals surface area contributed by atoms with Crippen LogP contribution in [0.1, 0.15) is 12.5 Å². The lowest BCUT2D eigenvalue weighted by Gasteiger charge is -2.10. The number of nitrogens with zero attached hydrogens (tertiary/aromatic N) is 2. The Balaban J connectivity index is 1.68. The number of hydrogen-bond acceptors (Lipinski definition) is 3. The van der Waals surface area contributed by atoms with E-state index in [9.17, 15) is 0 Å². The van der Waals surface area contributed by atoms with Crippen molar-refractivity contribution in [2.75, 3.05) is 12.4 Å². The lowest BCUT2D eigenvalue weighted by Crippen LogP contribution is -2.04. The van der Waals surface area contributed by atoms with E-state index in [1.807, 2.05) is 31.2 Å². The Labute approximate surface area is 147 Å². The maximum absolute atomic E-state index is 5.88. The smallest absolute Gasteiger partial charge is 0.169 e. The van der Waals surface area contributed by atoms with Gasteiger partial charge in [-0.05, 0) is 37.6 Å². The second kappa shape index (κ2) is 7.58. The van der Waals surface area contributed by atoms with Crippen LogP contribution < -0.4 is 4.74 Å². The van der Waals surface area contributed by atoms with Crippen molar-refractivity contribution in [3.63, 3.8) is 0 Å². The molecule has 0 N–H and O–H groups in total. The van der Waals surface area contributed by atoms with Gasteiger partial charge >= 0.3 is 0 Å². The van der Waals surface area contributed by atoms with Gasteiger partial charge in [0.05, 0.1) is 17.6 Å². The van der Waals surface area contributed by atoms with Crippen LogP contribution in [0.25, 0.3) is 11.0 Å². The minimum absolute atomic E-state index is 0.659. The SMILES string of the molecule is C=C(C)Cn1c(SCCOc2ccccc2C)nc2ccccc21. The minimum Gasteiger partial charge on any atom is -0.492 e. The van der Waals surface area contributed by atoms with E-state index in [0.717, 1.165) is 45.4 Å². The van der Waals surface area contributed by atoms with Gasteiger partial charge in [-0.15, -0.1) is 0 Å². The third-order valence-electron chi connectivity index (χ3n) is 3.71. The summed E-state index contributed by atoms with van der Waals surface area (Å²) in [6.07, 6.45) is 0. The van der Waals surface area contributed by atoms with Crippen molar-refractivity contribution in [3.8, 4) is 5.75 Å². The van der Waals surface area contributed by atoms with Crippen molar-refractivity contribution in [1.29, 1.82) is 0 Å². The topological polar surface area (TPSA) is 27.1 Å². The highest BCUT2D eigenvalue weighted by molar-refractivity contribution is 7.99. The lowest BCUT2D eigenvalue weighted by atomic mass is 10.2. The van der Waals surface area contributed by atoms with E-state index < -0.39 is 0 Å². The van der Waals surface area contributed by atoms with Gasteiger partial charge in [0.25, 0.3) is 0 Å². The molecule has 3 nitrogen and oxygen atoms in total. The molecule has 0 amide bonds. The Kier molecular flexibility index (Phi) is 5.26. The first-order chi connectivity index (χ1) is 11.6. The molecule has 0 saturated heterocycles. The van der Waals surface area contributed by atoms with Crippen molar-refractivity contribution < 1.29 is 4.74 Å². The fourth-order valence-electron chi connectivity index (χ4n) is 2.59. The predicted octanol–water partition coefficient (Wildman–Crippen LogP) is 5.09. The largest absolute Gasteiger partial charge is 0.492 e. The van der Waals surface area contributed by atoms with E-state index >= 15 is 0 Å². The quantitative estimate of drug-likeness (QED) is 0.341. The molecule has 124 valence electrons. The maximum Gasteiger partial charge on any atom is 0.169 e. The number of aromatic nitrogens is 2. The predicted molar refractivity (Wildman–Crippen MR) is 102 cm³/mol. The molecule has 0 saturated carbocycles. The van der Waals surface area contributed by atoms with Crippen LogP contribution in [0.2, 0.25) is 0 Å². The molecular weight excluding hydrogens is 316 g/mol. The summed E-state index contributed by atoms with van der Waals surface area (Å²) in [5, 5.41) is 1.02. The number of hydrogen-bond donors (Lipinski definition) is 0. The zero-order valence-electron chi connectivity index (χ0n) is 14.2. The molecule has 1 aromatic heterocycles. The van der Waals surface area contributed by atoms with Gasteiger partial charge in [-0.1, -0.05) is 54.2 Å². The zero-order valence-corrected chi connectivity index (χ0v) is 15.0. The molecule has 24 heavy (non-hydrogen) atoms. The molecule has 4 heteroatoms. The number of benzene rings is 2. The van der Waals surface area contributed by atoms with Crippen molar-refractivity contribution in [2.45, 2.75) is 25.5 Å². The number of rotatable bonds is 7. The summed E-state index contributed by atoms with van der Waals surface area (Å²) in [6, 6.07) is 16.3. The number of ether oxygens (including phenoxy) is 1. The molecule has 0 bridgehead atoms. The van der Waals surface area contributed by atoms with E-state index in [1.54, 1.807) is 11.8 Å². The van der Waals surface area contributed by atoms with Gasteiger partial charge in [0.1, 0.15) is 5.75 Å². The van der Waals surface area contributed by atoms with Gasteiger partial charge in [0.15, 0.2) is 5.16 Å². The number of allylic oxidation sites excluding steroid dienone is 1. The summed E-state index contributed by atoms with van der Waals surface area (Å²) < 4.78 is 8.11. The summed E-state index contributed by atoms with van der Waals surface area (Å²) in [5.41, 5.74) is 4.47. The second-order valence-electron chi connectivity index (χ2n) is 5.89. The van der Waals surface area contributed by atoms with E-state index in [1.165, 1.54) is 0 Å². The van der Waals surface area contributed by atoms with Crippen LogP contribution in [0.3, 0.4) is 0 Å². The Morgan fingerprint density at radius 3 is 2.71 bits per heavy atom. The van der Waals surface area contributed by atoms with Crippen LogP contribution in [0, 0.1) is 6.92 Å². The zero-order chi connectivity index (χ0) is 16.9. The van der Waals surface area contributed by atoms with Crippen molar-refractivity contribution in [3.05, 3.63) is 66.2 Å². The van der Waals surface area contributed by atoms with Crippen LogP contribution in [0.5, 0.6) is 5.75 Å². The Hall–Kier alpha value is -2.20. The third kappa shape index (κ3) is 3.82. The van der Waals surface area contributed by atoms with Gasteiger partial charge in [-0.25, -0.2) is 4.98 Å². The van der Waals surface area contributed by atoms with Gasteiger partial charge < -0.3 is 9.30 Å². The van der Waals surface area contributed by atoms with Crippen molar-refractivity contribution in [1.82, 2.24) is 9.55 Å². The first kappa shape index (κ1) is 16.7. The fraction of sp³-hybridized carbons (Fsp3) is 0.250. The summed E-state index contributed by atoms with van der Waals surface area (Å²) in [5.74, 6) is 1.81. The van der Waals surface area contributed by atoms with Crippen LogP contribution in [0.4, 0.5) is 0 Å². The molecule has 3 rings (SSSR count). The first-order valence-corrected chi connectivity index (χ1v) is 9.04. The van der Waals surface area contributed by atoms with Gasteiger partial charge in [0.2, 0.25) is 0 Å². The van der Waals surface area contributed by atoms with Gasteiger partial charge in [-0.2, -0.15) is 0 Å². The third-order valence-corrected chi connectivity index (χ3v) is 4.65. The number of para-hydroxylation sites is 3. The molecule has 0 aliphatic rings. The number of aryl methyl sites for hydroxylation is 1. The standard InChI is InChI=1S/C20H22N2OS/c1-15(2)14-22-18-10-6-5-9-17(18)21-20(22)24-13-12-23-19-11-7-4-8-16(19)3/h4-11H,1,12-14H2,2-3H3. The molecule has 0 spiro atoms. The fourth-order valence-corrected chi connectivity index (χ4v) is 3.42. The Bertz CT molecular complexity index is 854. The average molecular weight is 338 g/mol. The molecule has 0 aliphatic carbocycles. The van der Waals surface area contributed by atoms with Crippen LogP contribution in [-0.2, 0) is 6.54 Å². The summed E-state index contributed by atoms with van der Waals surface area (Å²) in [4.78, 5) is 4.76. The highest BCUT2D eigenvalue weighted by atomic mass is 32.2. The Morgan fingerprint density at radius 2 is 1.92 bits per heavy atom. The van der Waals surface area contributed by atoms with Gasteiger partial charge in [0, 0.05) is 12.3 Å². The van der Waals surface area contributed by atoms with Crippen LogP contribution in [-0.4, -0.2) is 21.9 Å². The first-order valence-electron chi connectivity index (χ1n) is 8.06. The monoisotopic (exact) mass is 338 g/mol. The van der Waals surface area contributed by atoms with Crippen molar-refractivity contribution in [2.24, 2.45) is 0 Å². The highest BCUT2D eigenvalue weighted by Crippen LogP contribution is 2.25. The number of imidazole rings is 1. The molecule has 2 aromatic carbocycles. The molecule has 0 aliphatic heterocycles. The van der Waals surface area contributed by atoms with E-state index in [4.69, 9.17) is 9.72 Å². The molecule has 0 fully saturated rings. The van der Waals surface area contributed by atoms with E-state index in [0.29, 0.717) is 6.61 Å². The molecule has 0 unspecified atom stereocenters. The molecular formula is C20H22N2OS. The van der Waals surface area contributed by atoms with Gasteiger partial charge in [-0.3, -0.25) is 0 Å². The minimum atomic E-state index is 0.659. The molecule has 0 atom stereocenters. The number of fused-ring (bicyclic) bond motifs is 1. The van der Waals surface area contributed by atoms with E-state index in [-0.39, 0.29) is 0 Å². The summed E-state index contributed by atoms with van der Waals surface area (Å²) >= 11 is 1.73. The van der Waals surface area contributed by atoms with E-state index in [2.05, 4.69) is 42.3 Å². The molecule has 1 heterocycles. The average Bonchev–Trinajstić information content (AvgIpc) is 2.90. The summed E-state index contributed by atoms with van der Waals surface area (Å²) in [6.45, 7) is 9.60. The second-order valence-corrected chi connectivity index (χ2v) is 6.95. The Morgan fingerprint density at radius 1 is 1.17 bits per heavy atom. The number of thioether (sulfide) groups is 1. The van der Waals surface area contributed by atoms with Crippen LogP contribution in [0.15, 0.2) is 65.8 Å². The lowest BCUT2D eigenvalue weighted by molar-refractivity contribution is 0.341. The normalized spacial score (nSPS) is 10.9. The highest BCUT2D eigenvalue weighted by Gasteiger charge is 2.11. The maximum atomic E-state index is 5.88. The van der Waals surface area contributed by atoms with Crippen LogP contribution >= 0.6 is 11.8 Å². The molecule has 3 aromatic rings. The summed E-state index contributed by atoms with van der Waals surface area (Å²) in [7, 11) is 0.